The number of hydrogen-bond acceptors (Lipinski definition) is 7. The summed E-state index contributed by atoms with van der Waals surface area (Å²) in [6.45, 7) is 2.50. The normalized spacial score (nSPS) is 13.9. The van der Waals surface area contributed by atoms with Crippen molar-refractivity contribution in [1.29, 1.82) is 0 Å². The number of nitrogens with one attached hydrogen (secondary N) is 2. The van der Waals surface area contributed by atoms with Crippen LogP contribution in [0.2, 0.25) is 0 Å². The second kappa shape index (κ2) is 8.74. The third-order valence-corrected chi connectivity index (χ3v) is 3.94. The van der Waals surface area contributed by atoms with Crippen LogP contribution in [0, 0.1) is 11.6 Å². The van der Waals surface area contributed by atoms with Crippen molar-refractivity contribution in [3.05, 3.63) is 35.7 Å². The molecule has 1 saturated heterocycles. The molecule has 0 aliphatic carbocycles. The zero-order chi connectivity index (χ0) is 20.1. The van der Waals surface area contributed by atoms with Gasteiger partial charge in [-0.15, -0.1) is 0 Å². The molecule has 0 atom stereocenters. The van der Waals surface area contributed by atoms with Gasteiger partial charge in [0, 0.05) is 33.3 Å². The zero-order valence-corrected chi connectivity index (χ0v) is 15.6. The number of anilines is 3. The maximum Gasteiger partial charge on any atom is 0.319 e. The summed E-state index contributed by atoms with van der Waals surface area (Å²) in [6.07, 6.45) is 0. The molecule has 0 radical (unpaired) electrons. The van der Waals surface area contributed by atoms with Crippen molar-refractivity contribution >= 4 is 23.6 Å². The van der Waals surface area contributed by atoms with Crippen LogP contribution >= 0.6 is 0 Å². The van der Waals surface area contributed by atoms with E-state index in [1.807, 2.05) is 4.90 Å². The third-order valence-electron chi connectivity index (χ3n) is 3.94. The van der Waals surface area contributed by atoms with Crippen molar-refractivity contribution in [2.45, 2.75) is 6.54 Å². The molecule has 0 spiro atoms. The molecule has 0 unspecified atom stereocenters. The Bertz CT molecular complexity index is 844. The van der Waals surface area contributed by atoms with E-state index in [-0.39, 0.29) is 12.2 Å². The van der Waals surface area contributed by atoms with Crippen molar-refractivity contribution in [2.75, 3.05) is 55.5 Å². The number of rotatable bonds is 5. The maximum absolute atomic E-state index is 13.6. The molecule has 2 N–H and O–H groups in total. The molecule has 2 amide bonds. The van der Waals surface area contributed by atoms with E-state index in [0.717, 1.165) is 12.1 Å². The van der Waals surface area contributed by atoms with Gasteiger partial charge in [-0.05, 0) is 12.1 Å². The van der Waals surface area contributed by atoms with E-state index in [1.165, 1.54) is 0 Å². The minimum Gasteiger partial charge on any atom is -0.378 e. The largest absolute Gasteiger partial charge is 0.378 e. The molecular weight excluding hydrogens is 372 g/mol. The molecule has 2 aromatic rings. The van der Waals surface area contributed by atoms with Crippen molar-refractivity contribution in [2.24, 2.45) is 0 Å². The lowest BCUT2D eigenvalue weighted by molar-refractivity contribution is 0.122. The number of hydrogen-bond donors (Lipinski definition) is 2. The monoisotopic (exact) mass is 393 g/mol. The number of nitrogens with zero attached hydrogens (tertiary/aromatic N) is 5. The number of ether oxygens (including phenoxy) is 1. The lowest BCUT2D eigenvalue weighted by Gasteiger charge is -2.27. The SMILES string of the molecule is CN(C)c1nc(CNC(=O)Nc2ccc(F)cc2F)nc(N2CCOCC2)n1. The average Bonchev–Trinajstić information content (AvgIpc) is 2.69. The first kappa shape index (κ1) is 19.7. The summed E-state index contributed by atoms with van der Waals surface area (Å²) in [7, 11) is 3.61. The van der Waals surface area contributed by atoms with Crippen LogP contribution in [0.3, 0.4) is 0 Å². The van der Waals surface area contributed by atoms with E-state index in [1.54, 1.807) is 19.0 Å². The van der Waals surface area contributed by atoms with E-state index in [2.05, 4.69) is 25.6 Å². The molecule has 28 heavy (non-hydrogen) atoms. The molecule has 1 aliphatic rings. The highest BCUT2D eigenvalue weighted by molar-refractivity contribution is 5.89. The average molecular weight is 393 g/mol. The smallest absolute Gasteiger partial charge is 0.319 e. The van der Waals surface area contributed by atoms with Crippen LogP contribution in [0.25, 0.3) is 0 Å². The highest BCUT2D eigenvalue weighted by Gasteiger charge is 2.17. The summed E-state index contributed by atoms with van der Waals surface area (Å²) in [4.78, 5) is 28.9. The second-order valence-electron chi connectivity index (χ2n) is 6.28. The van der Waals surface area contributed by atoms with Crippen molar-refractivity contribution in [3.8, 4) is 0 Å². The number of aromatic nitrogens is 3. The Kier molecular flexibility index (Phi) is 6.14. The fourth-order valence-electron chi connectivity index (χ4n) is 2.50. The van der Waals surface area contributed by atoms with Crippen LogP contribution in [0.1, 0.15) is 5.82 Å². The minimum atomic E-state index is -0.861. The molecule has 1 aliphatic heterocycles. The number of halogens is 2. The Hall–Kier alpha value is -3.08. The summed E-state index contributed by atoms with van der Waals surface area (Å²) in [5, 5.41) is 4.88. The third kappa shape index (κ3) is 5.00. The molecule has 1 fully saturated rings. The molecule has 11 heteroatoms. The predicted octanol–water partition coefficient (Wildman–Crippen LogP) is 1.37. The molecule has 0 saturated carbocycles. The highest BCUT2D eigenvalue weighted by atomic mass is 19.1. The summed E-state index contributed by atoms with van der Waals surface area (Å²) in [6, 6.07) is 2.24. The number of amides is 2. The van der Waals surface area contributed by atoms with E-state index >= 15 is 0 Å². The van der Waals surface area contributed by atoms with Gasteiger partial charge in [0.15, 0.2) is 5.82 Å². The van der Waals surface area contributed by atoms with E-state index < -0.39 is 17.7 Å². The Morgan fingerprint density at radius 3 is 2.64 bits per heavy atom. The highest BCUT2D eigenvalue weighted by Crippen LogP contribution is 2.16. The first-order valence-corrected chi connectivity index (χ1v) is 8.67. The summed E-state index contributed by atoms with van der Waals surface area (Å²) in [5.41, 5.74) is -0.127. The Labute approximate surface area is 160 Å². The van der Waals surface area contributed by atoms with Gasteiger partial charge in [-0.25, -0.2) is 13.6 Å². The van der Waals surface area contributed by atoms with Gasteiger partial charge < -0.3 is 25.2 Å². The summed E-state index contributed by atoms with van der Waals surface area (Å²) in [5.74, 6) is -0.266. The molecule has 9 nitrogen and oxygen atoms in total. The molecule has 3 rings (SSSR count). The van der Waals surface area contributed by atoms with Gasteiger partial charge in [0.2, 0.25) is 11.9 Å². The topological polar surface area (TPSA) is 95.5 Å². The number of carbonyl (C=O) groups is 1. The second-order valence-corrected chi connectivity index (χ2v) is 6.28. The van der Waals surface area contributed by atoms with Crippen LogP contribution in [0.4, 0.5) is 31.2 Å². The van der Waals surface area contributed by atoms with Crippen molar-refractivity contribution in [3.63, 3.8) is 0 Å². The Morgan fingerprint density at radius 2 is 1.96 bits per heavy atom. The van der Waals surface area contributed by atoms with Crippen molar-refractivity contribution in [1.82, 2.24) is 20.3 Å². The van der Waals surface area contributed by atoms with Gasteiger partial charge in [0.1, 0.15) is 11.6 Å². The lowest BCUT2D eigenvalue weighted by Crippen LogP contribution is -2.38. The molecular formula is C17H21F2N7O2. The van der Waals surface area contributed by atoms with Gasteiger partial charge in [-0.1, -0.05) is 0 Å². The molecule has 2 heterocycles. The predicted molar refractivity (Wildman–Crippen MR) is 99.4 cm³/mol. The minimum absolute atomic E-state index is 0.00927. The fraction of sp³-hybridized carbons (Fsp3) is 0.412. The standard InChI is InChI=1S/C17H21F2N7O2/c1-25(2)15-22-14(23-16(24-15)26-5-7-28-8-6-26)10-20-17(27)21-13-4-3-11(18)9-12(13)19/h3-4,9H,5-8,10H2,1-2H3,(H2,20,21,27). The number of morpholine rings is 1. The summed E-state index contributed by atoms with van der Waals surface area (Å²) >= 11 is 0. The fourth-order valence-corrected chi connectivity index (χ4v) is 2.50. The van der Waals surface area contributed by atoms with E-state index in [0.29, 0.717) is 50.1 Å². The molecule has 150 valence electrons. The van der Waals surface area contributed by atoms with Gasteiger partial charge in [-0.3, -0.25) is 0 Å². The Balaban J connectivity index is 1.68. The van der Waals surface area contributed by atoms with Crippen molar-refractivity contribution < 1.29 is 18.3 Å². The quantitative estimate of drug-likeness (QED) is 0.792. The number of benzene rings is 1. The number of urea groups is 1. The Morgan fingerprint density at radius 1 is 1.21 bits per heavy atom. The van der Waals surface area contributed by atoms with Gasteiger partial charge >= 0.3 is 6.03 Å². The molecule has 1 aromatic carbocycles. The van der Waals surface area contributed by atoms with Crippen LogP contribution in [-0.2, 0) is 11.3 Å². The van der Waals surface area contributed by atoms with Crippen LogP contribution in [0.5, 0.6) is 0 Å². The van der Waals surface area contributed by atoms with Crippen LogP contribution in [-0.4, -0.2) is 61.4 Å². The first-order valence-electron chi connectivity index (χ1n) is 8.67. The van der Waals surface area contributed by atoms with E-state index in [9.17, 15) is 13.6 Å². The van der Waals surface area contributed by atoms with Crippen LogP contribution in [0.15, 0.2) is 18.2 Å². The van der Waals surface area contributed by atoms with Gasteiger partial charge in [0.25, 0.3) is 0 Å². The van der Waals surface area contributed by atoms with Crippen LogP contribution < -0.4 is 20.4 Å². The zero-order valence-electron chi connectivity index (χ0n) is 15.6. The maximum atomic E-state index is 13.6. The molecule has 1 aromatic heterocycles. The molecule has 0 bridgehead atoms. The first-order chi connectivity index (χ1) is 13.4. The number of carbonyl (C=O) groups excluding carboxylic acids is 1. The summed E-state index contributed by atoms with van der Waals surface area (Å²) < 4.78 is 31.9. The van der Waals surface area contributed by atoms with Gasteiger partial charge in [0.05, 0.1) is 25.4 Å². The lowest BCUT2D eigenvalue weighted by atomic mass is 10.3. The van der Waals surface area contributed by atoms with E-state index in [4.69, 9.17) is 4.74 Å². The van der Waals surface area contributed by atoms with Gasteiger partial charge in [-0.2, -0.15) is 15.0 Å².